The lowest BCUT2D eigenvalue weighted by atomic mass is 9.34. The lowest BCUT2D eigenvalue weighted by Crippen LogP contribution is -2.57. The Morgan fingerprint density at radius 1 is 0.253 bits per heavy atom. The van der Waals surface area contributed by atoms with Crippen molar-refractivity contribution in [2.75, 3.05) is 19.6 Å². The van der Waals surface area contributed by atoms with Crippen LogP contribution >= 0.6 is 0 Å². The Kier molecular flexibility index (Phi) is 12.2. The van der Waals surface area contributed by atoms with Crippen LogP contribution < -0.4 is 97.2 Å². The maximum atomic E-state index is 9.65. The molecule has 0 saturated carbocycles. The molecule has 724 valence electrons. The summed E-state index contributed by atoms with van der Waals surface area (Å²) in [6, 6.07) is 35.7. The van der Waals surface area contributed by atoms with E-state index >= 15 is 0 Å². The lowest BCUT2D eigenvalue weighted by molar-refractivity contribution is 0.463. The monoisotopic (exact) mass is 2000 g/mol. The van der Waals surface area contributed by atoms with E-state index in [-0.39, 0.29) is 159 Å². The Balaban J connectivity index is 0.000000151. The summed E-state index contributed by atoms with van der Waals surface area (Å²) in [7, 11) is -1.42. The summed E-state index contributed by atoms with van der Waals surface area (Å²) < 4.78 is 509. The van der Waals surface area contributed by atoms with Crippen molar-refractivity contribution in [3.63, 3.8) is 0 Å². The molecule has 0 spiro atoms. The highest BCUT2D eigenvalue weighted by atomic mass is 16.5. The van der Waals surface area contributed by atoms with Gasteiger partial charge in [-0.3, -0.25) is 0 Å². The molecule has 3 aliphatic carbocycles. The summed E-state index contributed by atoms with van der Waals surface area (Å²) in [5, 5.41) is 0. The van der Waals surface area contributed by atoms with Crippen LogP contribution in [0.15, 0.2) is 442 Å². The van der Waals surface area contributed by atoms with Gasteiger partial charge in [0.25, 0.3) is 20.1 Å². The molecule has 6 heterocycles. The van der Waals surface area contributed by atoms with Crippen LogP contribution in [0, 0.1) is 0 Å². The number of ether oxygens (including phenoxy) is 6. The van der Waals surface area contributed by atoms with Crippen molar-refractivity contribution in [3.8, 4) is 102 Å². The van der Waals surface area contributed by atoms with Gasteiger partial charge in [-0.15, -0.1) is 0 Å². The predicted molar refractivity (Wildman–Crippen MR) is 623 cm³/mol. The van der Waals surface area contributed by atoms with Crippen LogP contribution in [-0.4, -0.2) is 20.1 Å². The molecule has 10 nitrogen and oxygen atoms in total. The summed E-state index contributed by atoms with van der Waals surface area (Å²) in [5.74, 6) is 1.85. The molecule has 1 unspecified atom stereocenters. The Hall–Kier alpha value is -17.4. The Bertz CT molecular complexity index is 11400. The smallest absolute Gasteiger partial charge is 0.260 e. The molecule has 13 heteroatoms. The van der Waals surface area contributed by atoms with Crippen molar-refractivity contribution >= 4 is 138 Å². The molecule has 0 amide bonds. The molecule has 0 bridgehead atoms. The van der Waals surface area contributed by atoms with Crippen molar-refractivity contribution in [2.24, 2.45) is 0 Å². The van der Waals surface area contributed by atoms with Gasteiger partial charge in [-0.2, -0.15) is 0 Å². The third kappa shape index (κ3) is 15.3. The molecule has 9 aliphatic rings. The zero-order chi connectivity index (χ0) is 148. The number of para-hydroxylation sites is 9. The first-order chi connectivity index (χ1) is 95.4. The average molecular weight is 2000 g/mol. The van der Waals surface area contributed by atoms with E-state index in [0.29, 0.717) is 44.7 Å². The fourth-order valence-electron chi connectivity index (χ4n) is 21.5. The standard InChI is InChI=1S/C59H43BN2O2.C39H28BNO2.C38H36BNO2.CH4/c1-37-46-31-42(61(38-17-8-4-9-18-38)39-19-10-5-11-20-39)27-29-44(46)48-34-56-52(33-47(37)48)60-53-36-51-49(35-57(53)64-55-26-16-25-54(63-56)58(55)60)45-30-28-43(32-50(45)59(51,2)3)62(40-21-12-6-13-22-40)41-23-14-7-15-24-41;1-39(2)30-22-27(41(25-12-5-3-6-13-25)26-14-7-4-8-15-26)20-21-28(30)29-23-37-33(24-31(29)39)40-32-16-9-10-17-34(32)42-35-18-11-19-36(43-37)38(35)40;1-37(2,3)25-17-19-32-30(21-25)39-31-22-26(38(4,5)6)18-20-33(31)42-35-24-29(23-34(41-32)36(35)39)40(27-13-9-7-10-14-27)28-15-11-8-12-16-28;/h4-37H,1-3H3;3-24H,1-2H3;7-24H,1-6H3;1H4/i1D3,2D3,3D3,4D,5D,6D,7D,8D,9D,10D,11D,12D,13D,14D,15D,17D,18D,19D,20D,21D,22D,23D,24D;1D3,2D3,3D,4D,5D,6D,7D,8D,9D,10D,12D,13D,14D,15D,16D,17D;23D,24D;1D3. The maximum Gasteiger partial charge on any atom is 0.260 e. The summed E-state index contributed by atoms with van der Waals surface area (Å²) in [4.78, 5) is 4.48. The minimum atomic E-state index is -3.53. The molecule has 20 aromatic rings. The van der Waals surface area contributed by atoms with Crippen molar-refractivity contribution in [1.82, 2.24) is 0 Å². The summed E-state index contributed by atoms with van der Waals surface area (Å²) in [6.45, 7) is -5.95. The Morgan fingerprint density at radius 2 is 0.573 bits per heavy atom. The topological polar surface area (TPSA) is 68.3 Å². The second-order valence-corrected chi connectivity index (χ2v) is 39.0. The molecule has 0 N–H and O–H groups in total. The SMILES string of the molecule is [2H]C([2H])[2H].[2H]c1c([2H])c([2H])c(N(c2ccc3c(c2)C(C([2H])([2H])[2H])(C([2H])([2H])[2H])c2cc4c(cc2-3)Oc2cccc3c2B4c2c([2H])c([2H])c([2H])c([2H])c2O3)c2c([2H])c([2H])c([2H])c([2H])c2[2H])c([2H])c1[2H].[2H]c1c([2H])c([2H])c(N(c2ccc3c(c2)C(C([2H])([2H])[2H])c2cc4c(cc2-3)Oc2cccc3c2B4c2cc4c(cc2O3)-c2ccc(N(c3c([2H])c([2H])c([2H])c([2H])c3[2H])c3c([2H])c([2H])c([2H])c([2H])c3[2H])cc2C4(C([2H])([2H])[2H])C([2H])([2H])[2H])c2c([2H])c([2H])c([2H])c([2H])c2[2H])c([2H])c1[2H].[2H]c1c2c3c(c([2H])c1N(c1ccccc1)c1ccccc1)Oc1ccc(C(C)(C)C)cc1B3c1cc(C(C)(C)C)ccc1O2. The van der Waals surface area contributed by atoms with Gasteiger partial charge in [-0.1, -0.05) is 319 Å². The first-order valence-electron chi connectivity index (χ1n) is 75.0. The molecular formula is C137H111B3N4O6. The van der Waals surface area contributed by atoms with Gasteiger partial charge in [0.1, 0.15) is 69.0 Å². The van der Waals surface area contributed by atoms with Crippen molar-refractivity contribution in [3.05, 3.63) is 486 Å². The minimum Gasteiger partial charge on any atom is -0.458 e. The quantitative estimate of drug-likeness (QED) is 0.111. The van der Waals surface area contributed by atoms with Gasteiger partial charge in [0, 0.05) is 132 Å². The molecule has 0 radical (unpaired) electrons. The lowest BCUT2D eigenvalue weighted by Gasteiger charge is -2.36. The van der Waals surface area contributed by atoms with E-state index < -0.39 is 317 Å². The zero-order valence-corrected chi connectivity index (χ0v) is 80.5. The molecule has 20 aromatic carbocycles. The summed E-state index contributed by atoms with van der Waals surface area (Å²) in [5.41, 5.74) is -2.48. The Morgan fingerprint density at radius 3 is 0.967 bits per heavy atom. The maximum absolute atomic E-state index is 9.65. The van der Waals surface area contributed by atoms with Gasteiger partial charge in [0.15, 0.2) is 0 Å². The third-order valence-electron chi connectivity index (χ3n) is 28.4. The number of hydrogen-bond acceptors (Lipinski definition) is 10. The number of hydrogen-bond donors (Lipinski definition) is 0. The van der Waals surface area contributed by atoms with Crippen molar-refractivity contribution < 1.29 is 102 Å². The van der Waals surface area contributed by atoms with Crippen LogP contribution in [0.5, 0.6) is 69.0 Å². The zero-order valence-electron chi connectivity index (χ0n) is 134. The molecule has 0 fully saturated rings. The van der Waals surface area contributed by atoms with Crippen LogP contribution in [0.4, 0.5) is 68.2 Å². The van der Waals surface area contributed by atoms with Crippen molar-refractivity contribution in [2.45, 2.75) is 111 Å². The normalized spacial score (nSPS) is 19.8. The Labute approximate surface area is 956 Å². The van der Waals surface area contributed by atoms with E-state index in [1.165, 1.54) is 77.9 Å². The van der Waals surface area contributed by atoms with Crippen LogP contribution in [-0.2, 0) is 21.7 Å². The molecule has 1 atom stereocenters. The van der Waals surface area contributed by atoms with E-state index in [4.69, 9.17) is 91.5 Å². The van der Waals surface area contributed by atoms with Gasteiger partial charge < -0.3 is 48.0 Å². The molecular weight excluding hydrogens is 1830 g/mol. The fraction of sp³-hybridized carbons (Fsp3) is 0.124. The number of nitrogens with zero attached hydrogens (tertiary/aromatic N) is 4. The molecule has 0 saturated heterocycles. The first kappa shape index (κ1) is 51.3. The van der Waals surface area contributed by atoms with Crippen LogP contribution in [0.3, 0.4) is 0 Å². The van der Waals surface area contributed by atoms with E-state index in [2.05, 4.69) is 65.8 Å². The largest absolute Gasteiger partial charge is 0.458 e. The van der Waals surface area contributed by atoms with Gasteiger partial charge in [0.2, 0.25) is 0 Å². The summed E-state index contributed by atoms with van der Waals surface area (Å²) in [6.07, 6.45) is 0. The van der Waals surface area contributed by atoms with Crippen LogP contribution in [0.2, 0.25) is 0 Å². The number of anilines is 12. The average Bonchev–Trinajstić information content (AvgIpc) is 1.51. The van der Waals surface area contributed by atoms with Gasteiger partial charge in [-0.25, -0.2) is 0 Å². The third-order valence-corrected chi connectivity index (χ3v) is 28.4. The molecule has 0 aromatic heterocycles. The highest BCUT2D eigenvalue weighted by molar-refractivity contribution is 6.99. The highest BCUT2D eigenvalue weighted by Crippen LogP contribution is 2.58. The van der Waals surface area contributed by atoms with Gasteiger partial charge in [-0.05, 0) is 315 Å². The number of rotatable bonds is 12. The van der Waals surface area contributed by atoms with Crippen molar-refractivity contribution in [1.29, 1.82) is 0 Å². The second kappa shape index (κ2) is 35.7. The summed E-state index contributed by atoms with van der Waals surface area (Å²) >= 11 is 0. The predicted octanol–water partition coefficient (Wildman–Crippen LogP) is 31.1. The first-order valence-corrected chi connectivity index (χ1v) is 47.8. The van der Waals surface area contributed by atoms with E-state index in [1.807, 2.05) is 77.7 Å². The van der Waals surface area contributed by atoms with E-state index in [1.54, 1.807) is 48.5 Å². The number of fused-ring (bicyclic) bond motifs is 21. The van der Waals surface area contributed by atoms with Gasteiger partial charge in [0.05, 0.1) is 55.0 Å². The second-order valence-electron chi connectivity index (χ2n) is 39.0. The van der Waals surface area contributed by atoms with E-state index in [9.17, 15) is 11.0 Å². The molecule has 29 rings (SSSR count). The van der Waals surface area contributed by atoms with Crippen LogP contribution in [0.1, 0.15) is 208 Å². The number of benzene rings is 20. The fourth-order valence-corrected chi connectivity index (χ4v) is 21.5. The highest BCUT2D eigenvalue weighted by Gasteiger charge is 2.49. The van der Waals surface area contributed by atoms with Crippen LogP contribution in [0.25, 0.3) is 33.4 Å². The molecule has 6 aliphatic heterocycles. The minimum absolute atomic E-state index is 0.00416. The molecule has 150 heavy (non-hydrogen) atoms. The van der Waals surface area contributed by atoms with E-state index in [0.717, 1.165) is 66.1 Å². The van der Waals surface area contributed by atoms with Gasteiger partial charge >= 0.3 is 0 Å².